The zero-order chi connectivity index (χ0) is 18.6. The number of fused-ring (bicyclic) bond motifs is 1. The Balaban J connectivity index is 1.46. The molecule has 5 nitrogen and oxygen atoms in total. The Morgan fingerprint density at radius 2 is 1.63 bits per heavy atom. The molecule has 2 amide bonds. The number of amides is 2. The molecule has 0 atom stereocenters. The smallest absolute Gasteiger partial charge is 0.258 e. The van der Waals surface area contributed by atoms with E-state index in [9.17, 15) is 9.59 Å². The maximum absolute atomic E-state index is 12.3. The van der Waals surface area contributed by atoms with Crippen LogP contribution in [-0.2, 0) is 4.79 Å². The summed E-state index contributed by atoms with van der Waals surface area (Å²) in [4.78, 5) is 26.6. The van der Waals surface area contributed by atoms with Crippen LogP contribution >= 0.6 is 0 Å². The summed E-state index contributed by atoms with van der Waals surface area (Å²) in [6.45, 7) is 3.97. The number of nitrogens with zero attached hydrogens (tertiary/aromatic N) is 1. The maximum Gasteiger partial charge on any atom is 0.258 e. The quantitative estimate of drug-likeness (QED) is 0.656. The van der Waals surface area contributed by atoms with Gasteiger partial charge in [0.25, 0.3) is 11.8 Å². The van der Waals surface area contributed by atoms with E-state index < -0.39 is 0 Å². The molecular weight excluding hydrogens is 340 g/mol. The summed E-state index contributed by atoms with van der Waals surface area (Å²) in [5, 5.41) is 2.40. The zero-order valence-corrected chi connectivity index (χ0v) is 15.1. The molecule has 0 saturated carbocycles. The number of nitrogens with one attached hydrogen (secondary N) is 1. The number of imide groups is 1. The molecule has 2 heterocycles. The van der Waals surface area contributed by atoms with E-state index in [-0.39, 0.29) is 11.8 Å². The minimum atomic E-state index is -0.371. The number of hydrogen-bond donors (Lipinski definition) is 1. The van der Waals surface area contributed by atoms with Crippen LogP contribution in [0.25, 0.3) is 11.6 Å². The molecular formula is C22H22N2O3. The standard InChI is InChI=1S/C22H22N2O3/c25-21-19-6-2-1-5-18(19)20(22(26)23-21)15-16-7-9-17(10-8-16)27-14-13-24-11-3-4-12-24/h1-2,5-10,15H,3-4,11-14H2,(H,23,25,26)/b20-15-. The Hall–Kier alpha value is -2.92. The zero-order valence-electron chi connectivity index (χ0n) is 15.1. The molecule has 0 spiro atoms. The molecule has 1 saturated heterocycles. The normalized spacial score (nSPS) is 18.4. The van der Waals surface area contributed by atoms with Gasteiger partial charge in [-0.2, -0.15) is 0 Å². The van der Waals surface area contributed by atoms with Gasteiger partial charge >= 0.3 is 0 Å². The summed E-state index contributed by atoms with van der Waals surface area (Å²) in [5.74, 6) is 0.0964. The second-order valence-electron chi connectivity index (χ2n) is 6.85. The van der Waals surface area contributed by atoms with Gasteiger partial charge in [-0.15, -0.1) is 0 Å². The van der Waals surface area contributed by atoms with Gasteiger partial charge in [0.15, 0.2) is 0 Å². The molecule has 0 aliphatic carbocycles. The van der Waals surface area contributed by atoms with Gasteiger partial charge < -0.3 is 4.74 Å². The predicted molar refractivity (Wildman–Crippen MR) is 104 cm³/mol. The number of ether oxygens (including phenoxy) is 1. The fourth-order valence-electron chi connectivity index (χ4n) is 3.55. The van der Waals surface area contributed by atoms with Crippen molar-refractivity contribution in [2.75, 3.05) is 26.2 Å². The van der Waals surface area contributed by atoms with Gasteiger partial charge in [-0.1, -0.05) is 30.3 Å². The van der Waals surface area contributed by atoms with Crippen molar-refractivity contribution in [1.29, 1.82) is 0 Å². The molecule has 27 heavy (non-hydrogen) atoms. The van der Waals surface area contributed by atoms with E-state index in [1.54, 1.807) is 24.3 Å². The third kappa shape index (κ3) is 3.93. The number of carbonyl (C=O) groups is 2. The van der Waals surface area contributed by atoms with E-state index >= 15 is 0 Å². The van der Waals surface area contributed by atoms with Crippen LogP contribution in [-0.4, -0.2) is 43.0 Å². The minimum Gasteiger partial charge on any atom is -0.492 e. The Morgan fingerprint density at radius 3 is 2.37 bits per heavy atom. The SMILES string of the molecule is O=C1NC(=O)c2ccccc2/C1=C/c1ccc(OCCN2CCCC2)cc1. The summed E-state index contributed by atoms with van der Waals surface area (Å²) < 4.78 is 5.82. The van der Waals surface area contributed by atoms with Gasteiger partial charge in [0.1, 0.15) is 12.4 Å². The highest BCUT2D eigenvalue weighted by Gasteiger charge is 2.26. The van der Waals surface area contributed by atoms with Crippen molar-refractivity contribution in [3.8, 4) is 5.75 Å². The third-order valence-corrected chi connectivity index (χ3v) is 5.00. The minimum absolute atomic E-state index is 0.352. The lowest BCUT2D eigenvalue weighted by Gasteiger charge is -2.18. The highest BCUT2D eigenvalue weighted by Crippen LogP contribution is 2.26. The molecule has 2 aromatic carbocycles. The maximum atomic E-state index is 12.3. The fraction of sp³-hybridized carbons (Fsp3) is 0.273. The average molecular weight is 362 g/mol. The van der Waals surface area contributed by atoms with Gasteiger partial charge in [0.2, 0.25) is 0 Å². The molecule has 2 aromatic rings. The van der Waals surface area contributed by atoms with Gasteiger partial charge in [-0.25, -0.2) is 0 Å². The molecule has 138 valence electrons. The van der Waals surface area contributed by atoms with Crippen LogP contribution in [0.5, 0.6) is 5.75 Å². The topological polar surface area (TPSA) is 58.6 Å². The van der Waals surface area contributed by atoms with E-state index in [0.29, 0.717) is 23.3 Å². The Kier molecular flexibility index (Phi) is 5.03. The van der Waals surface area contributed by atoms with E-state index in [0.717, 1.165) is 17.9 Å². The molecule has 2 aliphatic heterocycles. The highest BCUT2D eigenvalue weighted by molar-refractivity contribution is 6.33. The lowest BCUT2D eigenvalue weighted by atomic mass is 9.93. The van der Waals surface area contributed by atoms with Gasteiger partial charge in [0.05, 0.1) is 0 Å². The predicted octanol–water partition coefficient (Wildman–Crippen LogP) is 2.97. The summed E-state index contributed by atoms with van der Waals surface area (Å²) in [6, 6.07) is 14.8. The first-order chi connectivity index (χ1) is 13.2. The monoisotopic (exact) mass is 362 g/mol. The Bertz CT molecular complexity index is 881. The van der Waals surface area contributed by atoms with Crippen molar-refractivity contribution in [3.05, 3.63) is 65.2 Å². The van der Waals surface area contributed by atoms with Crippen LogP contribution in [0.4, 0.5) is 0 Å². The first-order valence-corrected chi connectivity index (χ1v) is 9.33. The van der Waals surface area contributed by atoms with Gasteiger partial charge in [0, 0.05) is 17.7 Å². The molecule has 0 unspecified atom stereocenters. The Labute approximate surface area is 158 Å². The first-order valence-electron chi connectivity index (χ1n) is 9.33. The largest absolute Gasteiger partial charge is 0.492 e. The Morgan fingerprint density at radius 1 is 0.926 bits per heavy atom. The molecule has 0 bridgehead atoms. The van der Waals surface area contributed by atoms with Crippen molar-refractivity contribution >= 4 is 23.5 Å². The summed E-state index contributed by atoms with van der Waals surface area (Å²) >= 11 is 0. The van der Waals surface area contributed by atoms with Crippen LogP contribution in [0.1, 0.15) is 34.3 Å². The van der Waals surface area contributed by atoms with Crippen LogP contribution < -0.4 is 10.1 Å². The molecule has 0 aromatic heterocycles. The van der Waals surface area contributed by atoms with Crippen LogP contribution in [0.15, 0.2) is 48.5 Å². The first kappa shape index (κ1) is 17.5. The average Bonchev–Trinajstić information content (AvgIpc) is 3.20. The van der Waals surface area contributed by atoms with Crippen LogP contribution in [0, 0.1) is 0 Å². The molecule has 5 heteroatoms. The fourth-order valence-corrected chi connectivity index (χ4v) is 3.55. The van der Waals surface area contributed by atoms with E-state index in [4.69, 9.17) is 4.74 Å². The second-order valence-corrected chi connectivity index (χ2v) is 6.85. The van der Waals surface area contributed by atoms with Gasteiger partial charge in [-0.05, 0) is 61.3 Å². The second kappa shape index (κ2) is 7.76. The molecule has 1 N–H and O–H groups in total. The highest BCUT2D eigenvalue weighted by atomic mass is 16.5. The summed E-state index contributed by atoms with van der Waals surface area (Å²) in [6.07, 6.45) is 4.37. The number of hydrogen-bond acceptors (Lipinski definition) is 4. The van der Waals surface area contributed by atoms with Crippen LogP contribution in [0.2, 0.25) is 0 Å². The molecule has 2 aliphatic rings. The molecule has 4 rings (SSSR count). The van der Waals surface area contributed by atoms with E-state index in [2.05, 4.69) is 10.2 Å². The number of rotatable bonds is 5. The van der Waals surface area contributed by atoms with Crippen molar-refractivity contribution in [1.82, 2.24) is 10.2 Å². The van der Waals surface area contributed by atoms with Crippen molar-refractivity contribution in [3.63, 3.8) is 0 Å². The number of likely N-dealkylation sites (tertiary alicyclic amines) is 1. The summed E-state index contributed by atoms with van der Waals surface area (Å²) in [5.41, 5.74) is 2.56. The molecule has 0 radical (unpaired) electrons. The van der Waals surface area contributed by atoms with Gasteiger partial charge in [-0.3, -0.25) is 19.8 Å². The summed E-state index contributed by atoms with van der Waals surface area (Å²) in [7, 11) is 0. The van der Waals surface area contributed by atoms with Crippen molar-refractivity contribution in [2.24, 2.45) is 0 Å². The van der Waals surface area contributed by atoms with E-state index in [1.165, 1.54) is 25.9 Å². The molecule has 1 fully saturated rings. The van der Waals surface area contributed by atoms with Crippen LogP contribution in [0.3, 0.4) is 0 Å². The van der Waals surface area contributed by atoms with Crippen molar-refractivity contribution < 1.29 is 14.3 Å². The third-order valence-electron chi connectivity index (χ3n) is 5.00. The number of benzene rings is 2. The van der Waals surface area contributed by atoms with Crippen molar-refractivity contribution in [2.45, 2.75) is 12.8 Å². The van der Waals surface area contributed by atoms with E-state index in [1.807, 2.05) is 30.3 Å². The lowest BCUT2D eigenvalue weighted by molar-refractivity contribution is -0.114. The lowest BCUT2D eigenvalue weighted by Crippen LogP contribution is -2.36. The number of carbonyl (C=O) groups excluding carboxylic acids is 2.